The van der Waals surface area contributed by atoms with Crippen LogP contribution in [0.1, 0.15) is 30.1 Å². The Morgan fingerprint density at radius 2 is 1.76 bits per heavy atom. The molecule has 0 radical (unpaired) electrons. The van der Waals surface area contributed by atoms with Gasteiger partial charge in [0.2, 0.25) is 5.91 Å². The van der Waals surface area contributed by atoms with Crippen molar-refractivity contribution in [2.24, 2.45) is 0 Å². The van der Waals surface area contributed by atoms with Crippen LogP contribution in [0.2, 0.25) is 0 Å². The van der Waals surface area contributed by atoms with Gasteiger partial charge in [-0.3, -0.25) is 4.79 Å². The fourth-order valence-electron chi connectivity index (χ4n) is 2.32. The lowest BCUT2D eigenvalue weighted by atomic mass is 10.1. The molecule has 7 heteroatoms. The van der Waals surface area contributed by atoms with Gasteiger partial charge in [-0.2, -0.15) is 0 Å². The van der Waals surface area contributed by atoms with E-state index >= 15 is 0 Å². The number of nitrogens with one attached hydrogen (secondary N) is 1. The summed E-state index contributed by atoms with van der Waals surface area (Å²) < 4.78 is 27.6. The highest BCUT2D eigenvalue weighted by Crippen LogP contribution is 2.22. The standard InChI is InChI=1S/C14H16F2N2O3/c1-8(13(19)18-4-2-3-5-18)17-12-10(15)6-9(14(20)21)7-11(12)16/h6-8,17H,2-5H2,1H3,(H,20,21). The zero-order valence-corrected chi connectivity index (χ0v) is 11.5. The molecule has 5 nitrogen and oxygen atoms in total. The Hall–Kier alpha value is -2.18. The Kier molecular flexibility index (Phi) is 4.40. The average molecular weight is 298 g/mol. The highest BCUT2D eigenvalue weighted by molar-refractivity contribution is 5.89. The minimum Gasteiger partial charge on any atom is -0.478 e. The van der Waals surface area contributed by atoms with Gasteiger partial charge in [-0.05, 0) is 31.9 Å². The molecule has 1 fully saturated rings. The lowest BCUT2D eigenvalue weighted by Gasteiger charge is -2.22. The van der Waals surface area contributed by atoms with Gasteiger partial charge in [0.05, 0.1) is 5.56 Å². The molecule has 0 saturated carbocycles. The second-order valence-corrected chi connectivity index (χ2v) is 5.02. The summed E-state index contributed by atoms with van der Waals surface area (Å²) >= 11 is 0. The number of rotatable bonds is 4. The number of nitrogens with zero attached hydrogens (tertiary/aromatic N) is 1. The molecule has 2 N–H and O–H groups in total. The van der Waals surface area contributed by atoms with E-state index in [1.54, 1.807) is 4.90 Å². The van der Waals surface area contributed by atoms with Gasteiger partial charge in [0.15, 0.2) is 0 Å². The van der Waals surface area contributed by atoms with Gasteiger partial charge in [-0.25, -0.2) is 13.6 Å². The van der Waals surface area contributed by atoms with Crippen LogP contribution >= 0.6 is 0 Å². The van der Waals surface area contributed by atoms with Crippen molar-refractivity contribution in [3.63, 3.8) is 0 Å². The van der Waals surface area contributed by atoms with Crippen molar-refractivity contribution in [1.82, 2.24) is 4.90 Å². The Morgan fingerprint density at radius 1 is 1.24 bits per heavy atom. The predicted molar refractivity (Wildman–Crippen MR) is 72.2 cm³/mol. The monoisotopic (exact) mass is 298 g/mol. The van der Waals surface area contributed by atoms with Crippen LogP contribution in [0.3, 0.4) is 0 Å². The van der Waals surface area contributed by atoms with E-state index in [4.69, 9.17) is 5.11 Å². The number of anilines is 1. The van der Waals surface area contributed by atoms with E-state index in [1.807, 2.05) is 0 Å². The van der Waals surface area contributed by atoms with Crippen molar-refractivity contribution < 1.29 is 23.5 Å². The molecule has 1 heterocycles. The van der Waals surface area contributed by atoms with Crippen LogP contribution in [-0.4, -0.2) is 41.0 Å². The number of likely N-dealkylation sites (tertiary alicyclic amines) is 1. The normalized spacial score (nSPS) is 15.9. The van der Waals surface area contributed by atoms with Gasteiger partial charge < -0.3 is 15.3 Å². The van der Waals surface area contributed by atoms with E-state index < -0.39 is 34.9 Å². The fourth-order valence-corrected chi connectivity index (χ4v) is 2.32. The van der Waals surface area contributed by atoms with E-state index in [0.717, 1.165) is 25.0 Å². The molecule has 1 aromatic carbocycles. The molecule has 1 unspecified atom stereocenters. The molecule has 0 bridgehead atoms. The van der Waals surface area contributed by atoms with Crippen LogP contribution in [0, 0.1) is 11.6 Å². The molecule has 0 aliphatic carbocycles. The molecule has 1 aromatic rings. The smallest absolute Gasteiger partial charge is 0.335 e. The maximum atomic E-state index is 13.8. The van der Waals surface area contributed by atoms with Gasteiger partial charge in [0.25, 0.3) is 0 Å². The van der Waals surface area contributed by atoms with Crippen LogP contribution in [0.4, 0.5) is 14.5 Å². The second kappa shape index (κ2) is 6.07. The van der Waals surface area contributed by atoms with Crippen LogP contribution in [0.5, 0.6) is 0 Å². The first-order valence-electron chi connectivity index (χ1n) is 6.68. The number of benzene rings is 1. The number of hydrogen-bond donors (Lipinski definition) is 2. The van der Waals surface area contributed by atoms with Gasteiger partial charge in [0, 0.05) is 13.1 Å². The van der Waals surface area contributed by atoms with Crippen molar-refractivity contribution in [2.45, 2.75) is 25.8 Å². The molecule has 1 aliphatic heterocycles. The molecular weight excluding hydrogens is 282 g/mol. The maximum Gasteiger partial charge on any atom is 0.335 e. The van der Waals surface area contributed by atoms with E-state index in [-0.39, 0.29) is 5.91 Å². The number of carboxylic acid groups (broad SMARTS) is 1. The summed E-state index contributed by atoms with van der Waals surface area (Å²) in [5, 5.41) is 11.2. The average Bonchev–Trinajstić information content (AvgIpc) is 2.95. The predicted octanol–water partition coefficient (Wildman–Crippen LogP) is 2.09. The number of hydrogen-bond acceptors (Lipinski definition) is 3. The maximum absolute atomic E-state index is 13.8. The lowest BCUT2D eigenvalue weighted by molar-refractivity contribution is -0.130. The Morgan fingerprint density at radius 3 is 2.24 bits per heavy atom. The zero-order valence-electron chi connectivity index (χ0n) is 11.5. The summed E-state index contributed by atoms with van der Waals surface area (Å²) in [5.74, 6) is -3.71. The molecular formula is C14H16F2N2O3. The van der Waals surface area contributed by atoms with Crippen molar-refractivity contribution in [3.05, 3.63) is 29.3 Å². The summed E-state index contributed by atoms with van der Waals surface area (Å²) in [4.78, 5) is 24.4. The van der Waals surface area contributed by atoms with Crippen molar-refractivity contribution in [3.8, 4) is 0 Å². The number of amides is 1. The van der Waals surface area contributed by atoms with Crippen LogP contribution in [-0.2, 0) is 4.79 Å². The topological polar surface area (TPSA) is 69.6 Å². The Labute approximate surface area is 120 Å². The third-order valence-corrected chi connectivity index (χ3v) is 3.44. The molecule has 0 spiro atoms. The number of aromatic carboxylic acids is 1. The van der Waals surface area contributed by atoms with Gasteiger partial charge in [-0.1, -0.05) is 0 Å². The SMILES string of the molecule is CC(Nc1c(F)cc(C(=O)O)cc1F)C(=O)N1CCCC1. The number of carbonyl (C=O) groups excluding carboxylic acids is 1. The quantitative estimate of drug-likeness (QED) is 0.893. The van der Waals surface area contributed by atoms with Gasteiger partial charge in [-0.15, -0.1) is 0 Å². The highest BCUT2D eigenvalue weighted by atomic mass is 19.1. The molecule has 1 saturated heterocycles. The summed E-state index contributed by atoms with van der Waals surface area (Å²) in [6, 6.07) is 0.657. The van der Waals surface area contributed by atoms with Crippen molar-refractivity contribution in [2.75, 3.05) is 18.4 Å². The third-order valence-electron chi connectivity index (χ3n) is 3.44. The minimum atomic E-state index is -1.42. The van der Waals surface area contributed by atoms with Crippen molar-refractivity contribution >= 4 is 17.6 Å². The molecule has 0 aromatic heterocycles. The molecule has 21 heavy (non-hydrogen) atoms. The molecule has 1 amide bonds. The minimum absolute atomic E-state index is 0.228. The third kappa shape index (κ3) is 3.29. The molecule has 2 rings (SSSR count). The molecule has 1 atom stereocenters. The second-order valence-electron chi connectivity index (χ2n) is 5.02. The van der Waals surface area contributed by atoms with E-state index in [1.165, 1.54) is 6.92 Å². The first-order chi connectivity index (χ1) is 9.90. The van der Waals surface area contributed by atoms with Crippen LogP contribution in [0.25, 0.3) is 0 Å². The number of carbonyl (C=O) groups is 2. The van der Waals surface area contributed by atoms with Gasteiger partial charge >= 0.3 is 5.97 Å². The summed E-state index contributed by atoms with van der Waals surface area (Å²) in [6.45, 7) is 2.81. The Bertz CT molecular complexity index is 548. The lowest BCUT2D eigenvalue weighted by Crippen LogP contribution is -2.40. The zero-order chi connectivity index (χ0) is 15.6. The summed E-state index contributed by atoms with van der Waals surface area (Å²) in [5.41, 5.74) is -0.964. The first kappa shape index (κ1) is 15.2. The molecule has 1 aliphatic rings. The summed E-state index contributed by atoms with van der Waals surface area (Å²) in [6.07, 6.45) is 1.85. The van der Waals surface area contributed by atoms with E-state index in [9.17, 15) is 18.4 Å². The largest absolute Gasteiger partial charge is 0.478 e. The fraction of sp³-hybridized carbons (Fsp3) is 0.429. The van der Waals surface area contributed by atoms with E-state index in [0.29, 0.717) is 13.1 Å². The molecule has 114 valence electrons. The van der Waals surface area contributed by atoms with Gasteiger partial charge in [0.1, 0.15) is 23.4 Å². The Balaban J connectivity index is 2.15. The summed E-state index contributed by atoms with van der Waals surface area (Å²) in [7, 11) is 0. The highest BCUT2D eigenvalue weighted by Gasteiger charge is 2.25. The number of halogens is 2. The van der Waals surface area contributed by atoms with Crippen molar-refractivity contribution in [1.29, 1.82) is 0 Å². The van der Waals surface area contributed by atoms with Crippen LogP contribution in [0.15, 0.2) is 12.1 Å². The van der Waals surface area contributed by atoms with E-state index in [2.05, 4.69) is 5.32 Å². The number of carboxylic acids is 1. The first-order valence-corrected chi connectivity index (χ1v) is 6.68. The van der Waals surface area contributed by atoms with Crippen LogP contribution < -0.4 is 5.32 Å².